The highest BCUT2D eigenvalue weighted by atomic mass is 16.1. The third kappa shape index (κ3) is 1.54. The number of rotatable bonds is 1. The van der Waals surface area contributed by atoms with Crippen molar-refractivity contribution in [2.24, 2.45) is 0 Å². The predicted molar refractivity (Wildman–Crippen MR) is 49.1 cm³/mol. The number of carbonyl (C=O) groups is 1. The van der Waals surface area contributed by atoms with Crippen molar-refractivity contribution < 1.29 is 4.79 Å². The standard InChI is InChI=1S/C10H12N2O/c1-7(13)12-9-5-4-8-3-2-6-11-10(8)9/h2-3,6,9H,4-5H2,1H3,(H,12,13)/t9-/m0/s1. The average molecular weight is 176 g/mol. The Balaban J connectivity index is 2.23. The van der Waals surface area contributed by atoms with E-state index in [-0.39, 0.29) is 11.9 Å². The maximum Gasteiger partial charge on any atom is 0.217 e. The molecule has 0 bridgehead atoms. The molecule has 0 spiro atoms. The van der Waals surface area contributed by atoms with Gasteiger partial charge in [-0.3, -0.25) is 9.78 Å². The van der Waals surface area contributed by atoms with Crippen LogP contribution in [0.2, 0.25) is 0 Å². The van der Waals surface area contributed by atoms with Gasteiger partial charge in [0, 0.05) is 13.1 Å². The van der Waals surface area contributed by atoms with Gasteiger partial charge in [-0.2, -0.15) is 0 Å². The molecule has 1 aliphatic carbocycles. The van der Waals surface area contributed by atoms with Gasteiger partial charge in [0.15, 0.2) is 0 Å². The van der Waals surface area contributed by atoms with Crippen LogP contribution in [0.1, 0.15) is 30.6 Å². The Morgan fingerprint density at radius 2 is 2.54 bits per heavy atom. The SMILES string of the molecule is CC(=O)N[C@H]1CCc2cccnc21. The summed E-state index contributed by atoms with van der Waals surface area (Å²) in [5, 5.41) is 2.90. The first kappa shape index (κ1) is 8.23. The molecule has 1 aliphatic rings. The lowest BCUT2D eigenvalue weighted by atomic mass is 10.2. The summed E-state index contributed by atoms with van der Waals surface area (Å²) >= 11 is 0. The Bertz CT molecular complexity index is 335. The third-order valence-corrected chi connectivity index (χ3v) is 2.34. The van der Waals surface area contributed by atoms with Gasteiger partial charge in [-0.1, -0.05) is 6.07 Å². The predicted octanol–water partition coefficient (Wildman–Crippen LogP) is 1.21. The monoisotopic (exact) mass is 176 g/mol. The van der Waals surface area contributed by atoms with Gasteiger partial charge in [0.25, 0.3) is 0 Å². The molecule has 0 saturated carbocycles. The van der Waals surface area contributed by atoms with E-state index >= 15 is 0 Å². The second kappa shape index (κ2) is 3.17. The number of pyridine rings is 1. The Morgan fingerprint density at radius 1 is 1.69 bits per heavy atom. The van der Waals surface area contributed by atoms with Crippen LogP contribution in [0.15, 0.2) is 18.3 Å². The van der Waals surface area contributed by atoms with E-state index in [0.717, 1.165) is 18.5 Å². The van der Waals surface area contributed by atoms with Crippen LogP contribution in [0.25, 0.3) is 0 Å². The van der Waals surface area contributed by atoms with E-state index in [1.54, 1.807) is 13.1 Å². The molecule has 0 aromatic carbocycles. The van der Waals surface area contributed by atoms with Crippen LogP contribution in [0, 0.1) is 0 Å². The second-order valence-corrected chi connectivity index (χ2v) is 3.34. The number of hydrogen-bond acceptors (Lipinski definition) is 2. The fourth-order valence-corrected chi connectivity index (χ4v) is 1.80. The van der Waals surface area contributed by atoms with Crippen molar-refractivity contribution in [1.82, 2.24) is 10.3 Å². The van der Waals surface area contributed by atoms with Crippen molar-refractivity contribution >= 4 is 5.91 Å². The van der Waals surface area contributed by atoms with Crippen molar-refractivity contribution in [3.63, 3.8) is 0 Å². The zero-order chi connectivity index (χ0) is 9.26. The molecule has 0 unspecified atom stereocenters. The van der Waals surface area contributed by atoms with Crippen LogP contribution >= 0.6 is 0 Å². The molecular weight excluding hydrogens is 164 g/mol. The molecule has 3 nitrogen and oxygen atoms in total. The molecule has 1 aromatic heterocycles. The van der Waals surface area contributed by atoms with Gasteiger partial charge in [-0.25, -0.2) is 0 Å². The molecule has 68 valence electrons. The van der Waals surface area contributed by atoms with Crippen LogP contribution in [0.4, 0.5) is 0 Å². The van der Waals surface area contributed by atoms with Crippen LogP contribution < -0.4 is 5.32 Å². The first-order chi connectivity index (χ1) is 6.27. The molecule has 0 saturated heterocycles. The largest absolute Gasteiger partial charge is 0.348 e. The fraction of sp³-hybridized carbons (Fsp3) is 0.400. The number of fused-ring (bicyclic) bond motifs is 1. The van der Waals surface area contributed by atoms with E-state index in [1.807, 2.05) is 6.07 Å². The lowest BCUT2D eigenvalue weighted by Gasteiger charge is -2.10. The summed E-state index contributed by atoms with van der Waals surface area (Å²) in [5.41, 5.74) is 2.30. The summed E-state index contributed by atoms with van der Waals surface area (Å²) < 4.78 is 0. The van der Waals surface area contributed by atoms with Crippen molar-refractivity contribution in [3.05, 3.63) is 29.6 Å². The van der Waals surface area contributed by atoms with E-state index < -0.39 is 0 Å². The summed E-state index contributed by atoms with van der Waals surface area (Å²) in [6.45, 7) is 1.54. The number of nitrogens with one attached hydrogen (secondary N) is 1. The normalized spacial score (nSPS) is 19.6. The average Bonchev–Trinajstić information content (AvgIpc) is 2.48. The van der Waals surface area contributed by atoms with Crippen LogP contribution in [-0.4, -0.2) is 10.9 Å². The molecule has 13 heavy (non-hydrogen) atoms. The molecule has 2 rings (SSSR count). The van der Waals surface area contributed by atoms with Crippen molar-refractivity contribution in [3.8, 4) is 0 Å². The summed E-state index contributed by atoms with van der Waals surface area (Å²) in [6, 6.07) is 4.15. The van der Waals surface area contributed by atoms with Crippen LogP contribution in [-0.2, 0) is 11.2 Å². The van der Waals surface area contributed by atoms with Gasteiger partial charge in [0.1, 0.15) is 0 Å². The van der Waals surface area contributed by atoms with E-state index in [9.17, 15) is 4.79 Å². The quantitative estimate of drug-likeness (QED) is 0.698. The molecule has 1 amide bonds. The van der Waals surface area contributed by atoms with Gasteiger partial charge in [-0.15, -0.1) is 0 Å². The lowest BCUT2D eigenvalue weighted by Crippen LogP contribution is -2.24. The van der Waals surface area contributed by atoms with Crippen molar-refractivity contribution in [2.75, 3.05) is 0 Å². The molecule has 1 heterocycles. The Hall–Kier alpha value is -1.38. The van der Waals surface area contributed by atoms with Gasteiger partial charge < -0.3 is 5.32 Å². The molecule has 1 atom stereocenters. The Morgan fingerprint density at radius 3 is 3.31 bits per heavy atom. The third-order valence-electron chi connectivity index (χ3n) is 2.34. The zero-order valence-electron chi connectivity index (χ0n) is 7.58. The van der Waals surface area contributed by atoms with E-state index in [0.29, 0.717) is 0 Å². The van der Waals surface area contributed by atoms with Crippen molar-refractivity contribution in [1.29, 1.82) is 0 Å². The summed E-state index contributed by atoms with van der Waals surface area (Å²) in [6.07, 6.45) is 3.78. The molecule has 0 radical (unpaired) electrons. The molecular formula is C10H12N2O. The minimum Gasteiger partial charge on any atom is -0.348 e. The topological polar surface area (TPSA) is 42.0 Å². The molecule has 0 aliphatic heterocycles. The first-order valence-corrected chi connectivity index (χ1v) is 4.48. The second-order valence-electron chi connectivity index (χ2n) is 3.34. The van der Waals surface area contributed by atoms with E-state index in [2.05, 4.69) is 16.4 Å². The Labute approximate surface area is 77.2 Å². The summed E-state index contributed by atoms with van der Waals surface area (Å²) in [7, 11) is 0. The first-order valence-electron chi connectivity index (χ1n) is 4.48. The minimum absolute atomic E-state index is 0.0171. The maximum absolute atomic E-state index is 10.9. The number of carbonyl (C=O) groups excluding carboxylic acids is 1. The fourth-order valence-electron chi connectivity index (χ4n) is 1.80. The molecule has 0 fully saturated rings. The van der Waals surface area contributed by atoms with Crippen molar-refractivity contribution in [2.45, 2.75) is 25.8 Å². The molecule has 3 heteroatoms. The van der Waals surface area contributed by atoms with E-state index in [1.165, 1.54) is 5.56 Å². The number of hydrogen-bond donors (Lipinski definition) is 1. The van der Waals surface area contributed by atoms with Crippen LogP contribution in [0.5, 0.6) is 0 Å². The highest BCUT2D eigenvalue weighted by Gasteiger charge is 2.23. The highest BCUT2D eigenvalue weighted by Crippen LogP contribution is 2.28. The molecule has 1 aromatic rings. The number of amides is 1. The number of nitrogens with zero attached hydrogens (tertiary/aromatic N) is 1. The van der Waals surface area contributed by atoms with Gasteiger partial charge in [0.05, 0.1) is 11.7 Å². The summed E-state index contributed by atoms with van der Waals surface area (Å²) in [5.74, 6) is 0.0171. The maximum atomic E-state index is 10.9. The smallest absolute Gasteiger partial charge is 0.217 e. The Kier molecular flexibility index (Phi) is 2.00. The van der Waals surface area contributed by atoms with Crippen LogP contribution in [0.3, 0.4) is 0 Å². The zero-order valence-corrected chi connectivity index (χ0v) is 7.58. The number of aryl methyl sites for hydroxylation is 1. The highest BCUT2D eigenvalue weighted by molar-refractivity contribution is 5.73. The molecule has 1 N–H and O–H groups in total. The van der Waals surface area contributed by atoms with Gasteiger partial charge >= 0.3 is 0 Å². The summed E-state index contributed by atoms with van der Waals surface area (Å²) in [4.78, 5) is 15.1. The van der Waals surface area contributed by atoms with Gasteiger partial charge in [0.2, 0.25) is 5.91 Å². The lowest BCUT2D eigenvalue weighted by molar-refractivity contribution is -0.119. The van der Waals surface area contributed by atoms with E-state index in [4.69, 9.17) is 0 Å². The minimum atomic E-state index is 0.0171. The van der Waals surface area contributed by atoms with Gasteiger partial charge in [-0.05, 0) is 24.5 Å². The number of aromatic nitrogens is 1.